The van der Waals surface area contributed by atoms with Crippen LogP contribution in [0, 0.1) is 0 Å². The molecule has 0 aromatic heterocycles. The Bertz CT molecular complexity index is 1560. The molecule has 0 saturated carbocycles. The molecule has 3 amide bonds. The summed E-state index contributed by atoms with van der Waals surface area (Å²) in [5.74, 6) is -3.49. The zero-order valence-corrected chi connectivity index (χ0v) is 26.9. The molecule has 11 nitrogen and oxygen atoms in total. The van der Waals surface area contributed by atoms with Gasteiger partial charge in [0.25, 0.3) is 0 Å². The maximum atomic E-state index is 13.7. The lowest BCUT2D eigenvalue weighted by molar-refractivity contribution is -0.155. The SMILES string of the molecule is C[C@H](NC(=O)[C@H](Cc1ccccc1)NC(=O)[C@H](CCC(=O)OC(C)(C)C)NC(=O)OCC1c2ccccc2-c2ccccc21)C(=O)O. The Hall–Kier alpha value is -5.19. The van der Waals surface area contributed by atoms with Crippen molar-refractivity contribution in [1.82, 2.24) is 16.0 Å². The highest BCUT2D eigenvalue weighted by Crippen LogP contribution is 2.44. The van der Waals surface area contributed by atoms with Crippen LogP contribution >= 0.6 is 0 Å². The van der Waals surface area contributed by atoms with Crippen LogP contribution in [0.2, 0.25) is 0 Å². The van der Waals surface area contributed by atoms with Gasteiger partial charge in [-0.1, -0.05) is 78.9 Å². The van der Waals surface area contributed by atoms with Crippen molar-refractivity contribution in [2.45, 2.75) is 76.6 Å². The number of carboxylic acid groups (broad SMARTS) is 1. The minimum absolute atomic E-state index is 0.00633. The molecule has 0 bridgehead atoms. The van der Waals surface area contributed by atoms with Crippen molar-refractivity contribution in [3.05, 3.63) is 95.6 Å². The van der Waals surface area contributed by atoms with Gasteiger partial charge in [-0.2, -0.15) is 0 Å². The highest BCUT2D eigenvalue weighted by molar-refractivity contribution is 5.93. The normalized spacial score (nSPS) is 14.0. The van der Waals surface area contributed by atoms with Crippen molar-refractivity contribution in [3.8, 4) is 11.1 Å². The average molecular weight is 644 g/mol. The summed E-state index contributed by atoms with van der Waals surface area (Å²) in [5.41, 5.74) is 4.12. The van der Waals surface area contributed by atoms with E-state index in [2.05, 4.69) is 16.0 Å². The highest BCUT2D eigenvalue weighted by atomic mass is 16.6. The van der Waals surface area contributed by atoms with Crippen molar-refractivity contribution in [1.29, 1.82) is 0 Å². The number of ether oxygens (including phenoxy) is 2. The molecule has 3 aromatic rings. The highest BCUT2D eigenvalue weighted by Gasteiger charge is 2.32. The quantitative estimate of drug-likeness (QED) is 0.200. The smallest absolute Gasteiger partial charge is 0.407 e. The Kier molecular flexibility index (Phi) is 11.4. The van der Waals surface area contributed by atoms with Crippen LogP contribution in [0.15, 0.2) is 78.9 Å². The Balaban J connectivity index is 1.49. The number of carbonyl (C=O) groups is 5. The van der Waals surface area contributed by atoms with Crippen LogP contribution in [0.25, 0.3) is 11.1 Å². The Morgan fingerprint density at radius 1 is 0.766 bits per heavy atom. The summed E-state index contributed by atoms with van der Waals surface area (Å²) in [6, 6.07) is 21.0. The number of hydrogen-bond acceptors (Lipinski definition) is 7. The molecule has 0 heterocycles. The third-order valence-electron chi connectivity index (χ3n) is 7.65. The van der Waals surface area contributed by atoms with E-state index in [1.807, 2.05) is 48.5 Å². The number of carboxylic acids is 1. The molecule has 3 atom stereocenters. The standard InChI is InChI=1S/C36H41N3O8/c1-22(34(43)44)37-33(42)30(20-23-12-6-5-7-13-23)38-32(41)29(18-19-31(40)47-36(2,3)4)39-35(45)46-21-28-26-16-10-8-14-24(26)25-15-9-11-17-27(25)28/h5-17,22,28-30H,18-21H2,1-4H3,(H,37,42)(H,38,41)(H,39,45)(H,43,44)/t22-,29-,30-/m0/s1. The van der Waals surface area contributed by atoms with Gasteiger partial charge in [-0.3, -0.25) is 19.2 Å². The number of carbonyl (C=O) groups excluding carboxylic acids is 4. The average Bonchev–Trinajstić information content (AvgIpc) is 3.34. The fourth-order valence-electron chi connectivity index (χ4n) is 5.41. The first-order valence-corrected chi connectivity index (χ1v) is 15.5. The fourth-order valence-corrected chi connectivity index (χ4v) is 5.41. The molecule has 11 heteroatoms. The minimum atomic E-state index is -1.28. The van der Waals surface area contributed by atoms with Crippen LogP contribution in [0.4, 0.5) is 4.79 Å². The Morgan fingerprint density at radius 3 is 1.89 bits per heavy atom. The number of amides is 3. The van der Waals surface area contributed by atoms with Crippen LogP contribution < -0.4 is 16.0 Å². The van der Waals surface area contributed by atoms with Crippen LogP contribution in [0.5, 0.6) is 0 Å². The molecule has 0 aliphatic heterocycles. The van der Waals surface area contributed by atoms with E-state index in [0.717, 1.165) is 22.3 Å². The third-order valence-corrected chi connectivity index (χ3v) is 7.65. The van der Waals surface area contributed by atoms with Gasteiger partial charge in [0.15, 0.2) is 0 Å². The summed E-state index contributed by atoms with van der Waals surface area (Å²) in [6.07, 6.45) is -1.17. The van der Waals surface area contributed by atoms with Crippen molar-refractivity contribution >= 4 is 29.8 Å². The van der Waals surface area contributed by atoms with E-state index < -0.39 is 53.6 Å². The maximum Gasteiger partial charge on any atom is 0.407 e. The first-order chi connectivity index (χ1) is 22.3. The number of nitrogens with one attached hydrogen (secondary N) is 3. The molecular weight excluding hydrogens is 602 g/mol. The summed E-state index contributed by atoms with van der Waals surface area (Å²) >= 11 is 0. The third kappa shape index (κ3) is 9.65. The molecule has 0 fully saturated rings. The van der Waals surface area contributed by atoms with Crippen molar-refractivity contribution < 1.29 is 38.6 Å². The van der Waals surface area contributed by atoms with Gasteiger partial charge in [0.1, 0.15) is 30.3 Å². The summed E-state index contributed by atoms with van der Waals surface area (Å²) in [7, 11) is 0. The molecule has 0 spiro atoms. The molecule has 0 radical (unpaired) electrons. The maximum absolute atomic E-state index is 13.7. The summed E-state index contributed by atoms with van der Waals surface area (Å²) in [4.78, 5) is 63.9. The molecule has 0 saturated heterocycles. The van der Waals surface area contributed by atoms with Crippen LogP contribution in [0.3, 0.4) is 0 Å². The molecule has 4 N–H and O–H groups in total. The van der Waals surface area contributed by atoms with Gasteiger partial charge in [0.2, 0.25) is 11.8 Å². The Labute approximate surface area is 274 Å². The topological polar surface area (TPSA) is 160 Å². The van der Waals surface area contributed by atoms with Crippen LogP contribution in [-0.2, 0) is 35.1 Å². The summed E-state index contributed by atoms with van der Waals surface area (Å²) in [5, 5.41) is 16.9. The number of fused-ring (bicyclic) bond motifs is 3. The molecule has 1 aliphatic carbocycles. The van der Waals surface area contributed by atoms with Crippen LogP contribution in [-0.4, -0.2) is 65.3 Å². The molecular formula is C36H41N3O8. The lowest BCUT2D eigenvalue weighted by Crippen LogP contribution is -2.56. The molecule has 1 aliphatic rings. The van der Waals surface area contributed by atoms with E-state index in [9.17, 15) is 29.1 Å². The predicted octanol–water partition coefficient (Wildman–Crippen LogP) is 4.33. The van der Waals surface area contributed by atoms with Gasteiger partial charge < -0.3 is 30.5 Å². The molecule has 4 rings (SSSR count). The van der Waals surface area contributed by atoms with E-state index in [0.29, 0.717) is 5.56 Å². The minimum Gasteiger partial charge on any atom is -0.480 e. The van der Waals surface area contributed by atoms with E-state index in [1.54, 1.807) is 51.1 Å². The number of benzene rings is 3. The largest absolute Gasteiger partial charge is 0.480 e. The van der Waals surface area contributed by atoms with Gasteiger partial charge in [0, 0.05) is 18.8 Å². The van der Waals surface area contributed by atoms with Crippen LogP contribution in [0.1, 0.15) is 63.1 Å². The van der Waals surface area contributed by atoms with Gasteiger partial charge in [-0.25, -0.2) is 4.79 Å². The zero-order valence-electron chi connectivity index (χ0n) is 26.9. The van der Waals surface area contributed by atoms with E-state index in [4.69, 9.17) is 9.47 Å². The van der Waals surface area contributed by atoms with E-state index >= 15 is 0 Å². The number of hydrogen-bond donors (Lipinski definition) is 4. The van der Waals surface area contributed by atoms with E-state index in [1.165, 1.54) is 6.92 Å². The van der Waals surface area contributed by atoms with Gasteiger partial charge >= 0.3 is 18.0 Å². The first-order valence-electron chi connectivity index (χ1n) is 15.5. The van der Waals surface area contributed by atoms with Gasteiger partial charge in [-0.15, -0.1) is 0 Å². The predicted molar refractivity (Wildman–Crippen MR) is 174 cm³/mol. The molecule has 0 unspecified atom stereocenters. The van der Waals surface area contributed by atoms with Gasteiger partial charge in [-0.05, 0) is 61.9 Å². The Morgan fingerprint density at radius 2 is 1.32 bits per heavy atom. The fraction of sp³-hybridized carbons (Fsp3) is 0.361. The van der Waals surface area contributed by atoms with Gasteiger partial charge in [0.05, 0.1) is 0 Å². The molecule has 47 heavy (non-hydrogen) atoms. The zero-order chi connectivity index (χ0) is 34.1. The van der Waals surface area contributed by atoms with E-state index in [-0.39, 0.29) is 31.8 Å². The summed E-state index contributed by atoms with van der Waals surface area (Å²) < 4.78 is 11.0. The number of alkyl carbamates (subject to hydrolysis) is 1. The second-order valence-electron chi connectivity index (χ2n) is 12.5. The number of aliphatic carboxylic acids is 1. The monoisotopic (exact) mass is 643 g/mol. The summed E-state index contributed by atoms with van der Waals surface area (Å²) in [6.45, 7) is 6.47. The lowest BCUT2D eigenvalue weighted by Gasteiger charge is -2.25. The van der Waals surface area contributed by atoms with Crippen molar-refractivity contribution in [3.63, 3.8) is 0 Å². The molecule has 3 aromatic carbocycles. The molecule has 248 valence electrons. The van der Waals surface area contributed by atoms with Crippen molar-refractivity contribution in [2.24, 2.45) is 0 Å². The second kappa shape index (κ2) is 15.4. The second-order valence-corrected chi connectivity index (χ2v) is 12.5. The first kappa shape index (κ1) is 34.7. The lowest BCUT2D eigenvalue weighted by atomic mass is 9.98. The number of esters is 1. The number of rotatable bonds is 13. The van der Waals surface area contributed by atoms with Crippen molar-refractivity contribution in [2.75, 3.05) is 6.61 Å².